The lowest BCUT2D eigenvalue weighted by Crippen LogP contribution is -2.31. The van der Waals surface area contributed by atoms with Gasteiger partial charge in [-0.25, -0.2) is 4.98 Å². The van der Waals surface area contributed by atoms with Crippen LogP contribution in [0.25, 0.3) is 0 Å². The maximum atomic E-state index is 10.2. The Bertz CT molecular complexity index is 323. The molecule has 4 nitrogen and oxygen atoms in total. The first-order chi connectivity index (χ1) is 7.29. The van der Waals surface area contributed by atoms with Crippen LogP contribution in [0.2, 0.25) is 0 Å². The highest BCUT2D eigenvalue weighted by atomic mass is 16.3. The van der Waals surface area contributed by atoms with Crippen molar-refractivity contribution >= 4 is 5.82 Å². The van der Waals surface area contributed by atoms with Gasteiger partial charge >= 0.3 is 0 Å². The molecule has 15 heavy (non-hydrogen) atoms. The number of anilines is 1. The lowest BCUT2D eigenvalue weighted by Gasteiger charge is -2.27. The van der Waals surface area contributed by atoms with Gasteiger partial charge in [0.25, 0.3) is 0 Å². The number of nitrogen functional groups attached to an aromatic ring is 1. The van der Waals surface area contributed by atoms with Crippen LogP contribution in [0.3, 0.4) is 0 Å². The maximum Gasteiger partial charge on any atom is 0.129 e. The number of piperidine rings is 1. The van der Waals surface area contributed by atoms with Crippen LogP contribution in [0.15, 0.2) is 18.3 Å². The lowest BCUT2D eigenvalue weighted by atomic mass is 9.88. The molecule has 1 aliphatic heterocycles. The van der Waals surface area contributed by atoms with Gasteiger partial charge in [0.05, 0.1) is 6.10 Å². The molecule has 2 heterocycles. The molecule has 1 unspecified atom stereocenters. The number of aliphatic hydroxyl groups excluding tert-OH is 1. The number of pyridine rings is 1. The zero-order valence-corrected chi connectivity index (χ0v) is 8.69. The van der Waals surface area contributed by atoms with Crippen LogP contribution in [-0.2, 0) is 0 Å². The Hall–Kier alpha value is -1.13. The molecule has 1 atom stereocenters. The Balaban J connectivity index is 2.12. The van der Waals surface area contributed by atoms with E-state index in [4.69, 9.17) is 5.73 Å². The summed E-state index contributed by atoms with van der Waals surface area (Å²) in [4.78, 5) is 4.00. The SMILES string of the molecule is Nc1ncccc1C(O)C1CCNCC1. The summed E-state index contributed by atoms with van der Waals surface area (Å²) in [5.74, 6) is 0.751. The van der Waals surface area contributed by atoms with Crippen LogP contribution in [-0.4, -0.2) is 23.2 Å². The molecule has 4 heteroatoms. The second kappa shape index (κ2) is 4.59. The first-order valence-corrected chi connectivity index (χ1v) is 5.38. The van der Waals surface area contributed by atoms with Crippen LogP contribution in [0.5, 0.6) is 0 Å². The fourth-order valence-electron chi connectivity index (χ4n) is 2.09. The van der Waals surface area contributed by atoms with Crippen LogP contribution < -0.4 is 11.1 Å². The Morgan fingerprint density at radius 2 is 2.20 bits per heavy atom. The summed E-state index contributed by atoms with van der Waals surface area (Å²) in [7, 11) is 0. The Labute approximate surface area is 89.5 Å². The Morgan fingerprint density at radius 3 is 2.87 bits per heavy atom. The van der Waals surface area contributed by atoms with Crippen molar-refractivity contribution in [3.8, 4) is 0 Å². The normalized spacial score (nSPS) is 20.1. The highest BCUT2D eigenvalue weighted by Crippen LogP contribution is 2.30. The number of aliphatic hydroxyl groups is 1. The summed E-state index contributed by atoms with van der Waals surface area (Å²) in [6.45, 7) is 1.95. The van der Waals surface area contributed by atoms with E-state index in [0.717, 1.165) is 31.5 Å². The second-order valence-corrected chi connectivity index (χ2v) is 4.01. The molecule has 0 spiro atoms. The predicted molar refractivity (Wildman–Crippen MR) is 59.2 cm³/mol. The van der Waals surface area contributed by atoms with Gasteiger partial charge in [-0.3, -0.25) is 0 Å². The summed E-state index contributed by atoms with van der Waals surface area (Å²) in [6.07, 6.45) is 3.17. The van der Waals surface area contributed by atoms with Gasteiger partial charge in [-0.15, -0.1) is 0 Å². The molecule has 1 fully saturated rings. The molecular weight excluding hydrogens is 190 g/mol. The molecule has 0 aliphatic carbocycles. The summed E-state index contributed by atoms with van der Waals surface area (Å²) in [5, 5.41) is 13.5. The number of hydrogen-bond donors (Lipinski definition) is 3. The number of aromatic nitrogens is 1. The van der Waals surface area contributed by atoms with Crippen LogP contribution in [0.1, 0.15) is 24.5 Å². The van der Waals surface area contributed by atoms with E-state index in [1.807, 2.05) is 12.1 Å². The van der Waals surface area contributed by atoms with Crippen molar-refractivity contribution in [2.24, 2.45) is 5.92 Å². The molecule has 82 valence electrons. The Morgan fingerprint density at radius 1 is 1.47 bits per heavy atom. The second-order valence-electron chi connectivity index (χ2n) is 4.01. The highest BCUT2D eigenvalue weighted by molar-refractivity contribution is 5.40. The summed E-state index contributed by atoms with van der Waals surface area (Å²) >= 11 is 0. The number of rotatable bonds is 2. The van der Waals surface area contributed by atoms with E-state index in [9.17, 15) is 5.11 Å². The highest BCUT2D eigenvalue weighted by Gasteiger charge is 2.24. The molecule has 2 rings (SSSR count). The van der Waals surface area contributed by atoms with Crippen LogP contribution in [0.4, 0.5) is 5.82 Å². The van der Waals surface area contributed by atoms with E-state index in [-0.39, 0.29) is 0 Å². The van der Waals surface area contributed by atoms with E-state index in [1.165, 1.54) is 0 Å². The molecule has 0 aromatic carbocycles. The molecule has 1 saturated heterocycles. The largest absolute Gasteiger partial charge is 0.388 e. The summed E-state index contributed by atoms with van der Waals surface area (Å²) in [5.41, 5.74) is 6.51. The summed E-state index contributed by atoms with van der Waals surface area (Å²) < 4.78 is 0. The first kappa shape index (κ1) is 10.4. The molecule has 1 aliphatic rings. The van der Waals surface area contributed by atoms with Gasteiger partial charge in [-0.2, -0.15) is 0 Å². The third-order valence-electron chi connectivity index (χ3n) is 3.02. The maximum absolute atomic E-state index is 10.2. The van der Waals surface area contributed by atoms with Gasteiger partial charge in [0.15, 0.2) is 0 Å². The fraction of sp³-hybridized carbons (Fsp3) is 0.545. The average molecular weight is 207 g/mol. The third-order valence-corrected chi connectivity index (χ3v) is 3.02. The standard InChI is InChI=1S/C11H17N3O/c12-11-9(2-1-5-14-11)10(15)8-3-6-13-7-4-8/h1-2,5,8,10,13,15H,3-4,6-7H2,(H2,12,14). The van der Waals surface area contributed by atoms with E-state index in [1.54, 1.807) is 6.20 Å². The van der Waals surface area contributed by atoms with Gasteiger partial charge in [0.1, 0.15) is 5.82 Å². The molecule has 4 N–H and O–H groups in total. The number of nitrogens with one attached hydrogen (secondary N) is 1. The van der Waals surface area contributed by atoms with Crippen molar-refractivity contribution in [3.63, 3.8) is 0 Å². The molecule has 0 radical (unpaired) electrons. The van der Waals surface area contributed by atoms with Crippen LogP contribution in [0, 0.1) is 5.92 Å². The van der Waals surface area contributed by atoms with E-state index in [0.29, 0.717) is 11.7 Å². The van der Waals surface area contributed by atoms with Crippen molar-refractivity contribution in [1.29, 1.82) is 0 Å². The minimum Gasteiger partial charge on any atom is -0.388 e. The molecule has 0 bridgehead atoms. The van der Waals surface area contributed by atoms with E-state index < -0.39 is 6.10 Å². The van der Waals surface area contributed by atoms with Crippen LogP contribution >= 0.6 is 0 Å². The van der Waals surface area contributed by atoms with Gasteiger partial charge < -0.3 is 16.2 Å². The van der Waals surface area contributed by atoms with E-state index >= 15 is 0 Å². The third kappa shape index (κ3) is 2.27. The van der Waals surface area contributed by atoms with Crippen molar-refractivity contribution in [2.75, 3.05) is 18.8 Å². The molecular formula is C11H17N3O. The van der Waals surface area contributed by atoms with Crippen molar-refractivity contribution in [3.05, 3.63) is 23.9 Å². The Kier molecular flexibility index (Phi) is 3.18. The minimum absolute atomic E-state index is 0.303. The number of hydrogen-bond acceptors (Lipinski definition) is 4. The fourth-order valence-corrected chi connectivity index (χ4v) is 2.09. The molecule has 0 saturated carbocycles. The average Bonchev–Trinajstić information content (AvgIpc) is 2.30. The van der Waals surface area contributed by atoms with Gasteiger partial charge in [0, 0.05) is 11.8 Å². The summed E-state index contributed by atoms with van der Waals surface area (Å²) in [6, 6.07) is 3.67. The molecule has 1 aromatic heterocycles. The van der Waals surface area contributed by atoms with Crippen molar-refractivity contribution in [1.82, 2.24) is 10.3 Å². The monoisotopic (exact) mass is 207 g/mol. The minimum atomic E-state index is -0.471. The van der Waals surface area contributed by atoms with Crippen molar-refractivity contribution < 1.29 is 5.11 Å². The zero-order chi connectivity index (χ0) is 10.7. The topological polar surface area (TPSA) is 71.2 Å². The molecule has 0 amide bonds. The lowest BCUT2D eigenvalue weighted by molar-refractivity contribution is 0.0893. The zero-order valence-electron chi connectivity index (χ0n) is 8.69. The number of nitrogens with two attached hydrogens (primary N) is 1. The van der Waals surface area contributed by atoms with Crippen molar-refractivity contribution in [2.45, 2.75) is 18.9 Å². The quantitative estimate of drug-likeness (QED) is 0.667. The van der Waals surface area contributed by atoms with E-state index in [2.05, 4.69) is 10.3 Å². The number of nitrogens with zero attached hydrogens (tertiary/aromatic N) is 1. The van der Waals surface area contributed by atoms with Gasteiger partial charge in [-0.05, 0) is 37.9 Å². The van der Waals surface area contributed by atoms with Gasteiger partial charge in [-0.1, -0.05) is 6.07 Å². The van der Waals surface area contributed by atoms with Gasteiger partial charge in [0.2, 0.25) is 0 Å². The molecule has 1 aromatic rings. The first-order valence-electron chi connectivity index (χ1n) is 5.38. The predicted octanol–water partition coefficient (Wildman–Crippen LogP) is 0.697. The smallest absolute Gasteiger partial charge is 0.129 e.